The summed E-state index contributed by atoms with van der Waals surface area (Å²) in [5.41, 5.74) is -1.12. The lowest BCUT2D eigenvalue weighted by Gasteiger charge is -2.24. The Morgan fingerprint density at radius 2 is 2.19 bits per heavy atom. The number of hydrogen-bond acceptors (Lipinski definition) is 3. The van der Waals surface area contributed by atoms with Gasteiger partial charge < -0.3 is 4.90 Å². The highest BCUT2D eigenvalue weighted by Crippen LogP contribution is 2.33. The summed E-state index contributed by atoms with van der Waals surface area (Å²) in [5.74, 6) is -1.27. The van der Waals surface area contributed by atoms with E-state index in [0.717, 1.165) is 4.90 Å². The third-order valence-electron chi connectivity index (χ3n) is 2.24. The van der Waals surface area contributed by atoms with E-state index in [9.17, 15) is 17.6 Å². The molecule has 0 bridgehead atoms. The monoisotopic (exact) mass is 231 g/mol. The molecule has 0 spiro atoms. The van der Waals surface area contributed by atoms with E-state index in [1.807, 2.05) is 0 Å². The number of amidine groups is 1. The number of allylic oxidation sites excluding steroid dienone is 2. The van der Waals surface area contributed by atoms with Crippen LogP contribution in [0, 0.1) is 11.3 Å². The van der Waals surface area contributed by atoms with Crippen molar-refractivity contribution < 1.29 is 17.6 Å². The summed E-state index contributed by atoms with van der Waals surface area (Å²) < 4.78 is 50.4. The molecular weight excluding hydrogens is 226 g/mol. The molecule has 3 nitrogen and oxygen atoms in total. The van der Waals surface area contributed by atoms with Gasteiger partial charge in [-0.1, -0.05) is 0 Å². The number of hydrogen-bond donors (Lipinski definition) is 0. The van der Waals surface area contributed by atoms with Crippen LogP contribution in [-0.2, 0) is 0 Å². The van der Waals surface area contributed by atoms with Crippen LogP contribution in [0.4, 0.5) is 17.6 Å². The van der Waals surface area contributed by atoms with Crippen LogP contribution in [-0.4, -0.2) is 29.5 Å². The van der Waals surface area contributed by atoms with E-state index in [4.69, 9.17) is 5.26 Å². The van der Waals surface area contributed by atoms with E-state index in [2.05, 4.69) is 4.99 Å². The molecule has 0 amide bonds. The van der Waals surface area contributed by atoms with Crippen molar-refractivity contribution in [3.8, 4) is 6.07 Å². The zero-order valence-corrected chi connectivity index (χ0v) is 7.79. The van der Waals surface area contributed by atoms with Gasteiger partial charge in [-0.2, -0.15) is 18.4 Å². The maximum atomic E-state index is 13.3. The highest BCUT2D eigenvalue weighted by molar-refractivity contribution is 6.00. The van der Waals surface area contributed by atoms with Crippen molar-refractivity contribution >= 4 is 5.84 Å². The van der Waals surface area contributed by atoms with Gasteiger partial charge in [0.1, 0.15) is 6.04 Å². The predicted octanol–water partition coefficient (Wildman–Crippen LogP) is 1.91. The Bertz CT molecular complexity index is 452. The van der Waals surface area contributed by atoms with Crippen molar-refractivity contribution in [1.82, 2.24) is 4.90 Å². The third-order valence-corrected chi connectivity index (χ3v) is 2.24. The third kappa shape index (κ3) is 1.56. The SMILES string of the molecule is N#CC1CN=C2C(F)=CC(C(F)(F)F)=CN21. The molecule has 0 aromatic rings. The second-order valence-electron chi connectivity index (χ2n) is 3.29. The molecule has 2 rings (SSSR count). The zero-order valence-electron chi connectivity index (χ0n) is 7.79. The van der Waals surface area contributed by atoms with Gasteiger partial charge in [-0.25, -0.2) is 4.39 Å². The normalized spacial score (nSPS) is 24.3. The lowest BCUT2D eigenvalue weighted by molar-refractivity contribution is -0.0893. The topological polar surface area (TPSA) is 39.4 Å². The summed E-state index contributed by atoms with van der Waals surface area (Å²) in [6.45, 7) is -0.0191. The fourth-order valence-corrected chi connectivity index (χ4v) is 1.49. The van der Waals surface area contributed by atoms with Gasteiger partial charge in [0.15, 0.2) is 11.7 Å². The standard InChI is InChI=1S/C9H5F4N3/c10-7-1-5(9(11,12)13)4-16-6(2-14)3-15-8(7)16/h1,4,6H,3H2. The summed E-state index contributed by atoms with van der Waals surface area (Å²) in [5, 5.41) is 8.66. The number of fused-ring (bicyclic) bond motifs is 1. The molecule has 84 valence electrons. The first-order valence-corrected chi connectivity index (χ1v) is 4.32. The summed E-state index contributed by atoms with van der Waals surface area (Å²) in [6, 6.07) is 0.892. The van der Waals surface area contributed by atoms with Crippen LogP contribution in [0.15, 0.2) is 28.7 Å². The molecule has 0 radical (unpaired) electrons. The second-order valence-corrected chi connectivity index (χ2v) is 3.29. The van der Waals surface area contributed by atoms with Crippen molar-refractivity contribution in [2.24, 2.45) is 4.99 Å². The number of rotatable bonds is 0. The molecule has 2 aliphatic heterocycles. The molecule has 16 heavy (non-hydrogen) atoms. The Morgan fingerprint density at radius 3 is 2.75 bits per heavy atom. The fourth-order valence-electron chi connectivity index (χ4n) is 1.49. The second kappa shape index (κ2) is 3.33. The van der Waals surface area contributed by atoms with Gasteiger partial charge in [-0.15, -0.1) is 0 Å². The minimum absolute atomic E-state index is 0.0191. The van der Waals surface area contributed by atoms with Crippen molar-refractivity contribution in [1.29, 1.82) is 5.26 Å². The van der Waals surface area contributed by atoms with Crippen LogP contribution in [0.1, 0.15) is 0 Å². The van der Waals surface area contributed by atoms with Gasteiger partial charge in [0.25, 0.3) is 0 Å². The van der Waals surface area contributed by atoms with Crippen LogP contribution in [0.2, 0.25) is 0 Å². The zero-order chi connectivity index (χ0) is 11.9. The van der Waals surface area contributed by atoms with Crippen LogP contribution in [0.5, 0.6) is 0 Å². The molecule has 0 fully saturated rings. The Morgan fingerprint density at radius 1 is 1.50 bits per heavy atom. The van der Waals surface area contributed by atoms with Crippen molar-refractivity contribution in [3.05, 3.63) is 23.7 Å². The summed E-state index contributed by atoms with van der Waals surface area (Å²) in [7, 11) is 0. The van der Waals surface area contributed by atoms with Crippen LogP contribution in [0.25, 0.3) is 0 Å². The van der Waals surface area contributed by atoms with Gasteiger partial charge in [-0.3, -0.25) is 4.99 Å². The number of halogens is 4. The van der Waals surface area contributed by atoms with Crippen molar-refractivity contribution in [2.75, 3.05) is 6.54 Å². The molecule has 0 aromatic heterocycles. The minimum Gasteiger partial charge on any atom is -0.312 e. The molecule has 1 atom stereocenters. The number of nitriles is 1. The molecule has 0 aromatic carbocycles. The largest absolute Gasteiger partial charge is 0.417 e. The maximum Gasteiger partial charge on any atom is 0.417 e. The first kappa shape index (κ1) is 10.7. The van der Waals surface area contributed by atoms with Crippen LogP contribution in [0.3, 0.4) is 0 Å². The lowest BCUT2D eigenvalue weighted by Crippen LogP contribution is -2.34. The average Bonchev–Trinajstić information content (AvgIpc) is 2.59. The maximum absolute atomic E-state index is 13.3. The molecule has 1 unspecified atom stereocenters. The summed E-state index contributed by atoms with van der Waals surface area (Å²) in [4.78, 5) is 4.59. The lowest BCUT2D eigenvalue weighted by atomic mass is 10.1. The van der Waals surface area contributed by atoms with E-state index in [1.54, 1.807) is 6.07 Å². The fraction of sp³-hybridized carbons (Fsp3) is 0.333. The van der Waals surface area contributed by atoms with Gasteiger partial charge in [0.2, 0.25) is 0 Å². The highest BCUT2D eigenvalue weighted by atomic mass is 19.4. The Labute approximate surface area is 88.0 Å². The molecule has 0 saturated heterocycles. The van der Waals surface area contributed by atoms with Crippen molar-refractivity contribution in [3.63, 3.8) is 0 Å². The molecule has 0 N–H and O–H groups in total. The van der Waals surface area contributed by atoms with E-state index in [1.165, 1.54) is 0 Å². The molecule has 0 saturated carbocycles. The van der Waals surface area contributed by atoms with Gasteiger partial charge >= 0.3 is 6.18 Å². The first-order valence-electron chi connectivity index (χ1n) is 4.32. The molecule has 7 heteroatoms. The average molecular weight is 231 g/mol. The Balaban J connectivity index is 2.41. The van der Waals surface area contributed by atoms with E-state index < -0.39 is 23.6 Å². The van der Waals surface area contributed by atoms with Crippen LogP contribution >= 0.6 is 0 Å². The van der Waals surface area contributed by atoms with Gasteiger partial charge in [0.05, 0.1) is 18.2 Å². The number of nitrogens with zero attached hydrogens (tertiary/aromatic N) is 3. The predicted molar refractivity (Wildman–Crippen MR) is 46.9 cm³/mol. The first-order chi connectivity index (χ1) is 7.43. The highest BCUT2D eigenvalue weighted by Gasteiger charge is 2.40. The Hall–Kier alpha value is -1.84. The Kier molecular flexibility index (Phi) is 2.22. The summed E-state index contributed by atoms with van der Waals surface area (Å²) in [6.07, 6.45) is -3.54. The van der Waals surface area contributed by atoms with Gasteiger partial charge in [-0.05, 0) is 6.08 Å². The van der Waals surface area contributed by atoms with E-state index >= 15 is 0 Å². The van der Waals surface area contributed by atoms with Gasteiger partial charge in [0, 0.05) is 6.20 Å². The molecule has 2 aliphatic rings. The number of aliphatic imine (C=N–C) groups is 1. The molecule has 2 heterocycles. The molecular formula is C9H5F4N3. The number of alkyl halides is 3. The summed E-state index contributed by atoms with van der Waals surface area (Å²) >= 11 is 0. The van der Waals surface area contributed by atoms with E-state index in [0.29, 0.717) is 12.3 Å². The quantitative estimate of drug-likeness (QED) is 0.597. The smallest absolute Gasteiger partial charge is 0.312 e. The minimum atomic E-state index is -4.63. The van der Waals surface area contributed by atoms with Crippen LogP contribution < -0.4 is 0 Å². The molecule has 0 aliphatic carbocycles. The van der Waals surface area contributed by atoms with Crippen molar-refractivity contribution in [2.45, 2.75) is 12.2 Å². The van der Waals surface area contributed by atoms with E-state index in [-0.39, 0.29) is 12.4 Å².